The summed E-state index contributed by atoms with van der Waals surface area (Å²) in [6, 6.07) is -0.259. The number of rotatable bonds is 2. The third kappa shape index (κ3) is 2.15. The molecule has 0 spiro atoms. The molecule has 0 aromatic carbocycles. The fourth-order valence-electron chi connectivity index (χ4n) is 1.29. The first kappa shape index (κ1) is 8.96. The molecule has 1 rings (SSSR count). The standard InChI is InChI=1S/C6H13NO3S/c1-2-7-5-3-11(9,10)4-6(5)8/h5-8H,2-4H2,1H3/t5-,6+/m0/s1. The van der Waals surface area contributed by atoms with Gasteiger partial charge in [0.2, 0.25) is 0 Å². The third-order valence-electron chi connectivity index (χ3n) is 1.79. The van der Waals surface area contributed by atoms with Crippen molar-refractivity contribution >= 4 is 9.84 Å². The van der Waals surface area contributed by atoms with E-state index in [9.17, 15) is 13.5 Å². The van der Waals surface area contributed by atoms with Gasteiger partial charge in [-0.25, -0.2) is 8.42 Å². The van der Waals surface area contributed by atoms with Crippen LogP contribution in [0.1, 0.15) is 6.92 Å². The van der Waals surface area contributed by atoms with E-state index in [0.29, 0.717) is 6.54 Å². The van der Waals surface area contributed by atoms with Gasteiger partial charge in [-0.15, -0.1) is 0 Å². The van der Waals surface area contributed by atoms with Gasteiger partial charge in [0.15, 0.2) is 9.84 Å². The van der Waals surface area contributed by atoms with E-state index in [0.717, 1.165) is 0 Å². The predicted molar refractivity (Wildman–Crippen MR) is 42.1 cm³/mol. The van der Waals surface area contributed by atoms with E-state index in [4.69, 9.17) is 0 Å². The number of sulfone groups is 1. The average Bonchev–Trinajstić information content (AvgIpc) is 2.07. The highest BCUT2D eigenvalue weighted by Gasteiger charge is 2.35. The van der Waals surface area contributed by atoms with E-state index in [1.54, 1.807) is 0 Å². The summed E-state index contributed by atoms with van der Waals surface area (Å²) in [7, 11) is -2.98. The summed E-state index contributed by atoms with van der Waals surface area (Å²) in [5.41, 5.74) is 0. The minimum Gasteiger partial charge on any atom is -0.390 e. The monoisotopic (exact) mass is 179 g/mol. The molecule has 66 valence electrons. The summed E-state index contributed by atoms with van der Waals surface area (Å²) in [4.78, 5) is 0. The van der Waals surface area contributed by atoms with Crippen LogP contribution in [-0.4, -0.2) is 43.7 Å². The fraction of sp³-hybridized carbons (Fsp3) is 1.00. The Bertz CT molecular complexity index is 224. The molecule has 5 heteroatoms. The van der Waals surface area contributed by atoms with Crippen molar-refractivity contribution in [3.8, 4) is 0 Å². The summed E-state index contributed by atoms with van der Waals surface area (Å²) in [5, 5.41) is 12.1. The highest BCUT2D eigenvalue weighted by Crippen LogP contribution is 2.11. The van der Waals surface area contributed by atoms with Crippen LogP contribution in [0.3, 0.4) is 0 Å². The predicted octanol–water partition coefficient (Wildman–Crippen LogP) is -1.25. The molecule has 0 aromatic rings. The molecule has 2 N–H and O–H groups in total. The number of aliphatic hydroxyl groups is 1. The molecular formula is C6H13NO3S. The van der Waals surface area contributed by atoms with Gasteiger partial charge in [-0.1, -0.05) is 6.92 Å². The molecule has 4 nitrogen and oxygen atoms in total. The van der Waals surface area contributed by atoms with Gasteiger partial charge in [0.05, 0.1) is 17.6 Å². The first-order chi connectivity index (χ1) is 5.05. The second-order valence-corrected chi connectivity index (χ2v) is 4.96. The lowest BCUT2D eigenvalue weighted by Gasteiger charge is -2.11. The lowest BCUT2D eigenvalue weighted by molar-refractivity contribution is 0.167. The van der Waals surface area contributed by atoms with Gasteiger partial charge in [-0.3, -0.25) is 0 Å². The van der Waals surface area contributed by atoms with Crippen molar-refractivity contribution in [2.45, 2.75) is 19.1 Å². The van der Waals surface area contributed by atoms with Gasteiger partial charge in [-0.05, 0) is 6.54 Å². The van der Waals surface area contributed by atoms with Crippen LogP contribution in [0.5, 0.6) is 0 Å². The number of hydrogen-bond acceptors (Lipinski definition) is 4. The number of aliphatic hydroxyl groups excluding tert-OH is 1. The Hall–Kier alpha value is -0.130. The Morgan fingerprint density at radius 3 is 2.55 bits per heavy atom. The summed E-state index contributed by atoms with van der Waals surface area (Å²) < 4.78 is 21.9. The zero-order valence-corrected chi connectivity index (χ0v) is 7.26. The topological polar surface area (TPSA) is 66.4 Å². The lowest BCUT2D eigenvalue weighted by Crippen LogP contribution is -2.38. The Kier molecular flexibility index (Phi) is 2.51. The van der Waals surface area contributed by atoms with Crippen LogP contribution in [0.25, 0.3) is 0 Å². The van der Waals surface area contributed by atoms with Gasteiger partial charge >= 0.3 is 0 Å². The third-order valence-corrected chi connectivity index (χ3v) is 3.51. The molecule has 0 unspecified atom stereocenters. The number of hydrogen-bond donors (Lipinski definition) is 2. The molecule has 11 heavy (non-hydrogen) atoms. The first-order valence-electron chi connectivity index (χ1n) is 3.67. The van der Waals surface area contributed by atoms with Crippen molar-refractivity contribution < 1.29 is 13.5 Å². The summed E-state index contributed by atoms with van der Waals surface area (Å²) in [6.45, 7) is 2.58. The zero-order valence-electron chi connectivity index (χ0n) is 6.45. The number of nitrogens with one attached hydrogen (secondary N) is 1. The Labute approximate surface area is 66.5 Å². The molecule has 0 aliphatic carbocycles. The zero-order chi connectivity index (χ0) is 8.48. The maximum Gasteiger partial charge on any atom is 0.154 e. The van der Waals surface area contributed by atoms with E-state index in [2.05, 4.69) is 5.32 Å². The number of likely N-dealkylation sites (N-methyl/N-ethyl adjacent to an activating group) is 1. The van der Waals surface area contributed by atoms with Crippen LogP contribution in [0.2, 0.25) is 0 Å². The van der Waals surface area contributed by atoms with Crippen LogP contribution in [0.15, 0.2) is 0 Å². The Balaban J connectivity index is 2.59. The largest absolute Gasteiger partial charge is 0.390 e. The molecule has 0 aromatic heterocycles. The van der Waals surface area contributed by atoms with Crippen molar-refractivity contribution in [1.29, 1.82) is 0 Å². The second kappa shape index (κ2) is 3.08. The maximum absolute atomic E-state index is 10.9. The van der Waals surface area contributed by atoms with Crippen molar-refractivity contribution in [1.82, 2.24) is 5.32 Å². The molecule has 0 radical (unpaired) electrons. The minimum atomic E-state index is -2.98. The molecule has 1 heterocycles. The van der Waals surface area contributed by atoms with Crippen LogP contribution < -0.4 is 5.32 Å². The highest BCUT2D eigenvalue weighted by atomic mass is 32.2. The van der Waals surface area contributed by atoms with Crippen molar-refractivity contribution in [3.63, 3.8) is 0 Å². The molecule has 1 aliphatic heterocycles. The Morgan fingerprint density at radius 2 is 2.18 bits per heavy atom. The normalized spacial score (nSPS) is 35.8. The smallest absolute Gasteiger partial charge is 0.154 e. The SMILES string of the molecule is CCN[C@H]1CS(=O)(=O)C[C@H]1O. The molecule has 0 bridgehead atoms. The van der Waals surface area contributed by atoms with E-state index < -0.39 is 15.9 Å². The fourth-order valence-corrected chi connectivity index (χ4v) is 3.06. The van der Waals surface area contributed by atoms with Crippen molar-refractivity contribution in [2.75, 3.05) is 18.1 Å². The van der Waals surface area contributed by atoms with Crippen molar-refractivity contribution in [3.05, 3.63) is 0 Å². The molecule has 1 aliphatic rings. The van der Waals surface area contributed by atoms with Crippen LogP contribution in [0.4, 0.5) is 0 Å². The molecule has 0 saturated carbocycles. The first-order valence-corrected chi connectivity index (χ1v) is 5.49. The Morgan fingerprint density at radius 1 is 1.55 bits per heavy atom. The van der Waals surface area contributed by atoms with Gasteiger partial charge in [0.1, 0.15) is 0 Å². The molecular weight excluding hydrogens is 166 g/mol. The lowest BCUT2D eigenvalue weighted by atomic mass is 10.2. The molecule has 1 saturated heterocycles. The van der Waals surface area contributed by atoms with Gasteiger partial charge in [-0.2, -0.15) is 0 Å². The molecule has 1 fully saturated rings. The van der Waals surface area contributed by atoms with Gasteiger partial charge in [0.25, 0.3) is 0 Å². The van der Waals surface area contributed by atoms with Gasteiger partial charge in [0, 0.05) is 6.04 Å². The van der Waals surface area contributed by atoms with E-state index in [1.165, 1.54) is 0 Å². The van der Waals surface area contributed by atoms with Crippen molar-refractivity contribution in [2.24, 2.45) is 0 Å². The van der Waals surface area contributed by atoms with Crippen LogP contribution >= 0.6 is 0 Å². The molecule has 2 atom stereocenters. The highest BCUT2D eigenvalue weighted by molar-refractivity contribution is 7.91. The van der Waals surface area contributed by atoms with Gasteiger partial charge < -0.3 is 10.4 Å². The quantitative estimate of drug-likeness (QED) is 0.556. The average molecular weight is 179 g/mol. The van der Waals surface area contributed by atoms with E-state index in [1.807, 2.05) is 6.92 Å². The van der Waals surface area contributed by atoms with E-state index >= 15 is 0 Å². The minimum absolute atomic E-state index is 0.0714. The second-order valence-electron chi connectivity index (χ2n) is 2.81. The molecule has 0 amide bonds. The van der Waals surface area contributed by atoms with Crippen LogP contribution in [0, 0.1) is 0 Å². The van der Waals surface area contributed by atoms with E-state index in [-0.39, 0.29) is 17.5 Å². The summed E-state index contributed by atoms with van der Waals surface area (Å²) in [5.74, 6) is -0.0212. The maximum atomic E-state index is 10.9. The summed E-state index contributed by atoms with van der Waals surface area (Å²) in [6.07, 6.45) is -0.722. The van der Waals surface area contributed by atoms with Crippen LogP contribution in [-0.2, 0) is 9.84 Å². The summed E-state index contributed by atoms with van der Waals surface area (Å²) >= 11 is 0.